The van der Waals surface area contributed by atoms with Crippen molar-refractivity contribution in [3.8, 4) is 0 Å². The Hall–Kier alpha value is -1.69. The molecule has 0 radical (unpaired) electrons. The van der Waals surface area contributed by atoms with Crippen LogP contribution in [-0.2, 0) is 0 Å². The molecule has 0 aliphatic heterocycles. The SMILES string of the molecule is O=C(c1ccccc1)c1nnnn1S. The first kappa shape index (κ1) is 8.89. The number of tetrazole rings is 1. The Morgan fingerprint density at radius 3 is 2.57 bits per heavy atom. The molecule has 5 nitrogen and oxygen atoms in total. The van der Waals surface area contributed by atoms with Crippen molar-refractivity contribution < 1.29 is 4.79 Å². The molecule has 2 aromatic rings. The minimum absolute atomic E-state index is 0.111. The van der Waals surface area contributed by atoms with Gasteiger partial charge in [-0.15, -0.1) is 5.10 Å². The van der Waals surface area contributed by atoms with E-state index in [0.717, 1.165) is 4.09 Å². The van der Waals surface area contributed by atoms with Crippen LogP contribution in [0.3, 0.4) is 0 Å². The number of carbonyl (C=O) groups excluding carboxylic acids is 1. The van der Waals surface area contributed by atoms with E-state index in [1.54, 1.807) is 24.3 Å². The molecule has 0 aliphatic carbocycles. The van der Waals surface area contributed by atoms with Gasteiger partial charge >= 0.3 is 0 Å². The molecule has 0 saturated heterocycles. The van der Waals surface area contributed by atoms with E-state index in [0.29, 0.717) is 5.56 Å². The van der Waals surface area contributed by atoms with Crippen molar-refractivity contribution in [3.63, 3.8) is 0 Å². The number of hydrogen-bond donors (Lipinski definition) is 1. The highest BCUT2D eigenvalue weighted by Gasteiger charge is 2.15. The van der Waals surface area contributed by atoms with E-state index in [4.69, 9.17) is 0 Å². The molecule has 0 N–H and O–H groups in total. The second-order valence-corrected chi connectivity index (χ2v) is 2.97. The lowest BCUT2D eigenvalue weighted by Gasteiger charge is -1.96. The molecule has 0 unspecified atom stereocenters. The van der Waals surface area contributed by atoms with Crippen molar-refractivity contribution in [2.75, 3.05) is 0 Å². The number of aromatic nitrogens is 4. The van der Waals surface area contributed by atoms with Gasteiger partial charge in [0.05, 0.1) is 0 Å². The Balaban J connectivity index is 2.39. The molecule has 0 aliphatic rings. The second kappa shape index (κ2) is 3.59. The molecule has 0 bridgehead atoms. The monoisotopic (exact) mass is 206 g/mol. The van der Waals surface area contributed by atoms with E-state index in [2.05, 4.69) is 28.3 Å². The number of carbonyl (C=O) groups is 1. The van der Waals surface area contributed by atoms with Crippen molar-refractivity contribution >= 4 is 18.6 Å². The van der Waals surface area contributed by atoms with Gasteiger partial charge in [-0.1, -0.05) is 30.3 Å². The highest BCUT2D eigenvalue weighted by Crippen LogP contribution is 2.06. The molecule has 1 aromatic heterocycles. The number of rotatable bonds is 2. The first-order valence-electron chi connectivity index (χ1n) is 3.86. The molecule has 0 spiro atoms. The zero-order chi connectivity index (χ0) is 9.97. The first-order chi connectivity index (χ1) is 6.79. The van der Waals surface area contributed by atoms with Crippen molar-refractivity contribution in [1.29, 1.82) is 0 Å². The number of thiol groups is 1. The van der Waals surface area contributed by atoms with Gasteiger partial charge in [0, 0.05) is 5.56 Å². The summed E-state index contributed by atoms with van der Waals surface area (Å²) >= 11 is 3.90. The van der Waals surface area contributed by atoms with Gasteiger partial charge in [0.25, 0.3) is 0 Å². The Morgan fingerprint density at radius 1 is 1.29 bits per heavy atom. The van der Waals surface area contributed by atoms with Crippen LogP contribution in [0.4, 0.5) is 0 Å². The highest BCUT2D eigenvalue weighted by molar-refractivity contribution is 7.78. The number of nitrogens with zero attached hydrogens (tertiary/aromatic N) is 4. The summed E-state index contributed by atoms with van der Waals surface area (Å²) in [7, 11) is 0. The van der Waals surface area contributed by atoms with E-state index in [-0.39, 0.29) is 11.6 Å². The van der Waals surface area contributed by atoms with Crippen molar-refractivity contribution in [2.45, 2.75) is 0 Å². The molecule has 0 atom stereocenters. The Bertz CT molecular complexity index is 453. The quantitative estimate of drug-likeness (QED) is 0.577. The third-order valence-corrected chi connectivity index (χ3v) is 1.96. The van der Waals surface area contributed by atoms with Gasteiger partial charge < -0.3 is 0 Å². The third kappa shape index (κ3) is 1.51. The van der Waals surface area contributed by atoms with Crippen LogP contribution in [0.5, 0.6) is 0 Å². The molecule has 6 heteroatoms. The zero-order valence-corrected chi connectivity index (χ0v) is 7.93. The Kier molecular flexibility index (Phi) is 2.28. The van der Waals surface area contributed by atoms with Crippen molar-refractivity contribution in [3.05, 3.63) is 41.7 Å². The molecule has 1 heterocycles. The molecular weight excluding hydrogens is 200 g/mol. The summed E-state index contributed by atoms with van der Waals surface area (Å²) in [6, 6.07) is 8.79. The van der Waals surface area contributed by atoms with Gasteiger partial charge in [0.15, 0.2) is 0 Å². The minimum Gasteiger partial charge on any atom is -0.285 e. The maximum Gasteiger partial charge on any atom is 0.233 e. The van der Waals surface area contributed by atoms with Gasteiger partial charge in [-0.25, -0.2) is 0 Å². The van der Waals surface area contributed by atoms with Crippen LogP contribution in [0, 0.1) is 0 Å². The molecular formula is C8H6N4OS. The molecule has 2 rings (SSSR count). The van der Waals surface area contributed by atoms with Gasteiger partial charge in [-0.2, -0.15) is 4.09 Å². The van der Waals surface area contributed by atoms with Crippen LogP contribution in [0.15, 0.2) is 30.3 Å². The average Bonchev–Trinajstić information content (AvgIpc) is 2.65. The van der Waals surface area contributed by atoms with Crippen molar-refractivity contribution in [2.24, 2.45) is 0 Å². The van der Waals surface area contributed by atoms with Crippen LogP contribution >= 0.6 is 12.8 Å². The largest absolute Gasteiger partial charge is 0.285 e. The second-order valence-electron chi connectivity index (χ2n) is 2.59. The van der Waals surface area contributed by atoms with Crippen LogP contribution in [0.25, 0.3) is 0 Å². The van der Waals surface area contributed by atoms with Crippen molar-refractivity contribution in [1.82, 2.24) is 19.6 Å². The summed E-state index contributed by atoms with van der Waals surface area (Å²) in [5.41, 5.74) is 0.539. The van der Waals surface area contributed by atoms with Gasteiger partial charge in [0.2, 0.25) is 11.6 Å². The van der Waals surface area contributed by atoms with Crippen LogP contribution in [-0.4, -0.2) is 25.4 Å². The fraction of sp³-hybridized carbons (Fsp3) is 0. The molecule has 0 fully saturated rings. The Labute approximate surface area is 85.3 Å². The molecule has 70 valence electrons. The van der Waals surface area contributed by atoms with E-state index < -0.39 is 0 Å². The van der Waals surface area contributed by atoms with Gasteiger partial charge in [-0.05, 0) is 23.2 Å². The molecule has 0 saturated carbocycles. The smallest absolute Gasteiger partial charge is 0.233 e. The summed E-state index contributed by atoms with van der Waals surface area (Å²) in [6.45, 7) is 0. The summed E-state index contributed by atoms with van der Waals surface area (Å²) in [6.07, 6.45) is 0. The van der Waals surface area contributed by atoms with Crippen LogP contribution < -0.4 is 0 Å². The van der Waals surface area contributed by atoms with E-state index in [1.807, 2.05) is 6.07 Å². The normalized spacial score (nSPS) is 10.1. The molecule has 14 heavy (non-hydrogen) atoms. The maximum atomic E-state index is 11.7. The van der Waals surface area contributed by atoms with Crippen LogP contribution in [0.2, 0.25) is 0 Å². The molecule has 1 aromatic carbocycles. The lowest BCUT2D eigenvalue weighted by Crippen LogP contribution is -2.06. The maximum absolute atomic E-state index is 11.7. The zero-order valence-electron chi connectivity index (χ0n) is 7.03. The minimum atomic E-state index is -0.245. The predicted octanol–water partition coefficient (Wildman–Crippen LogP) is 0.597. The first-order valence-corrected chi connectivity index (χ1v) is 4.26. The lowest BCUT2D eigenvalue weighted by molar-refractivity contribution is 0.102. The van der Waals surface area contributed by atoms with E-state index in [9.17, 15) is 4.79 Å². The van der Waals surface area contributed by atoms with E-state index >= 15 is 0 Å². The van der Waals surface area contributed by atoms with Gasteiger partial charge in [-0.3, -0.25) is 4.79 Å². The standard InChI is InChI=1S/C8H6N4OS/c13-7(6-4-2-1-3-5-6)8-9-10-11-12(8)14/h1-5,14H. The number of ketones is 1. The molecule has 0 amide bonds. The summed E-state index contributed by atoms with van der Waals surface area (Å²) in [5.74, 6) is -0.134. The summed E-state index contributed by atoms with van der Waals surface area (Å²) in [4.78, 5) is 11.7. The topological polar surface area (TPSA) is 60.7 Å². The predicted molar refractivity (Wildman–Crippen MR) is 52.1 cm³/mol. The highest BCUT2D eigenvalue weighted by atomic mass is 32.1. The van der Waals surface area contributed by atoms with E-state index in [1.165, 1.54) is 0 Å². The summed E-state index contributed by atoms with van der Waals surface area (Å²) in [5, 5.41) is 10.4. The van der Waals surface area contributed by atoms with Crippen LogP contribution in [0.1, 0.15) is 16.2 Å². The fourth-order valence-electron chi connectivity index (χ4n) is 1.04. The van der Waals surface area contributed by atoms with Gasteiger partial charge in [0.1, 0.15) is 0 Å². The number of hydrogen-bond acceptors (Lipinski definition) is 5. The summed E-state index contributed by atoms with van der Waals surface area (Å²) < 4.78 is 1.05. The Morgan fingerprint density at radius 2 is 2.00 bits per heavy atom. The fourth-order valence-corrected chi connectivity index (χ4v) is 1.20. The average molecular weight is 206 g/mol. The lowest BCUT2D eigenvalue weighted by atomic mass is 10.1. The number of benzene rings is 1. The third-order valence-electron chi connectivity index (χ3n) is 1.69.